The minimum Gasteiger partial charge on any atom is -0.454 e. The van der Waals surface area contributed by atoms with Crippen LogP contribution in [0.15, 0.2) is 12.2 Å². The molecule has 14 heavy (non-hydrogen) atoms. The van der Waals surface area contributed by atoms with Crippen LogP contribution in [-0.2, 0) is 14.3 Å². The van der Waals surface area contributed by atoms with Gasteiger partial charge in [0.25, 0.3) is 0 Å². The second-order valence-corrected chi connectivity index (χ2v) is 4.50. The summed E-state index contributed by atoms with van der Waals surface area (Å²) in [5, 5.41) is 0. The molecular formula is C11H14O3. The van der Waals surface area contributed by atoms with Crippen molar-refractivity contribution in [2.24, 2.45) is 11.3 Å². The van der Waals surface area contributed by atoms with E-state index in [9.17, 15) is 9.59 Å². The fourth-order valence-electron chi connectivity index (χ4n) is 2.79. The Bertz CT molecular complexity index is 320. The molecule has 0 heterocycles. The molecule has 3 atom stereocenters. The normalized spacial score (nSPS) is 44.0. The number of hydrogen-bond donors (Lipinski definition) is 0. The van der Waals surface area contributed by atoms with E-state index < -0.39 is 5.60 Å². The molecule has 0 aromatic carbocycles. The Kier molecular flexibility index (Phi) is 1.81. The van der Waals surface area contributed by atoms with Gasteiger partial charge < -0.3 is 9.53 Å². The van der Waals surface area contributed by atoms with Crippen molar-refractivity contribution in [1.29, 1.82) is 0 Å². The molecule has 0 aromatic rings. The van der Waals surface area contributed by atoms with Gasteiger partial charge in [-0.25, -0.2) is 0 Å². The predicted molar refractivity (Wildman–Crippen MR) is 50.5 cm³/mol. The van der Waals surface area contributed by atoms with E-state index in [0.717, 1.165) is 19.1 Å². The number of ether oxygens (including phenoxy) is 1. The Hall–Kier alpha value is -1.12. The molecule has 0 aromatic heterocycles. The summed E-state index contributed by atoms with van der Waals surface area (Å²) >= 11 is 0. The smallest absolute Gasteiger partial charge is 0.303 e. The summed E-state index contributed by atoms with van der Waals surface area (Å²) in [5.74, 6) is -0.468. The van der Waals surface area contributed by atoms with Gasteiger partial charge in [-0.15, -0.1) is 0 Å². The lowest BCUT2D eigenvalue weighted by Crippen LogP contribution is -2.62. The van der Waals surface area contributed by atoms with Crippen LogP contribution < -0.4 is 0 Å². The highest BCUT2D eigenvalue weighted by Crippen LogP contribution is 2.61. The van der Waals surface area contributed by atoms with Gasteiger partial charge in [0.1, 0.15) is 11.9 Å². The van der Waals surface area contributed by atoms with Crippen LogP contribution in [0.1, 0.15) is 26.7 Å². The maximum atomic E-state index is 11.0. The fourth-order valence-corrected chi connectivity index (χ4v) is 2.79. The van der Waals surface area contributed by atoms with Crippen LogP contribution in [0.2, 0.25) is 0 Å². The SMILES string of the molecule is CC(=O)O[C@@]12C=CC[C@]1(C)C[C@@H]2C=O. The topological polar surface area (TPSA) is 43.4 Å². The molecule has 1 fully saturated rings. The Morgan fingerprint density at radius 2 is 2.36 bits per heavy atom. The molecule has 2 aliphatic rings. The number of carbonyl (C=O) groups is 2. The van der Waals surface area contributed by atoms with Crippen LogP contribution in [0.5, 0.6) is 0 Å². The third-order valence-corrected chi connectivity index (χ3v) is 3.58. The highest BCUT2D eigenvalue weighted by molar-refractivity contribution is 5.70. The molecule has 3 nitrogen and oxygen atoms in total. The second kappa shape index (κ2) is 2.69. The number of hydrogen-bond acceptors (Lipinski definition) is 3. The van der Waals surface area contributed by atoms with E-state index in [1.807, 2.05) is 12.2 Å². The zero-order chi connectivity index (χ0) is 10.4. The van der Waals surface area contributed by atoms with Crippen molar-refractivity contribution in [1.82, 2.24) is 0 Å². The standard InChI is InChI=1S/C11H14O3/c1-8(13)14-11-5-3-4-10(11,2)6-9(11)7-12/h3,5,7,9H,4,6H2,1-2H3/t9-,10-,11-/m1/s1. The van der Waals surface area contributed by atoms with Crippen molar-refractivity contribution in [2.75, 3.05) is 0 Å². The van der Waals surface area contributed by atoms with Gasteiger partial charge in [0, 0.05) is 12.3 Å². The minimum absolute atomic E-state index is 0.0513. The van der Waals surface area contributed by atoms with Gasteiger partial charge in [-0.1, -0.05) is 13.0 Å². The molecule has 0 N–H and O–H groups in total. The molecular weight excluding hydrogens is 180 g/mol. The average Bonchev–Trinajstić information content (AvgIpc) is 2.32. The minimum atomic E-state index is -0.638. The van der Waals surface area contributed by atoms with Crippen LogP contribution >= 0.6 is 0 Å². The molecule has 76 valence electrons. The Morgan fingerprint density at radius 3 is 2.86 bits per heavy atom. The number of carbonyl (C=O) groups excluding carboxylic acids is 2. The molecule has 0 unspecified atom stereocenters. The zero-order valence-corrected chi connectivity index (χ0v) is 8.45. The summed E-state index contributed by atoms with van der Waals surface area (Å²) in [5.41, 5.74) is -0.690. The molecule has 3 heteroatoms. The first-order valence-corrected chi connectivity index (χ1v) is 4.87. The van der Waals surface area contributed by atoms with Crippen LogP contribution in [0, 0.1) is 11.3 Å². The summed E-state index contributed by atoms with van der Waals surface area (Å²) in [6.45, 7) is 3.46. The van der Waals surface area contributed by atoms with Gasteiger partial charge in [0.15, 0.2) is 0 Å². The lowest BCUT2D eigenvalue weighted by molar-refractivity contribution is -0.201. The molecule has 0 radical (unpaired) electrons. The van der Waals surface area contributed by atoms with Crippen LogP contribution in [0.3, 0.4) is 0 Å². The molecule has 0 saturated heterocycles. The quantitative estimate of drug-likeness (QED) is 0.380. The van der Waals surface area contributed by atoms with Crippen molar-refractivity contribution < 1.29 is 14.3 Å². The Morgan fingerprint density at radius 1 is 1.64 bits per heavy atom. The predicted octanol–water partition coefficient (Wildman–Crippen LogP) is 1.47. The van der Waals surface area contributed by atoms with Crippen molar-refractivity contribution in [3.63, 3.8) is 0 Å². The third kappa shape index (κ3) is 0.925. The lowest BCUT2D eigenvalue weighted by Gasteiger charge is -2.55. The summed E-state index contributed by atoms with van der Waals surface area (Å²) in [7, 11) is 0. The van der Waals surface area contributed by atoms with Gasteiger partial charge in [-0.2, -0.15) is 0 Å². The third-order valence-electron chi connectivity index (χ3n) is 3.58. The monoisotopic (exact) mass is 194 g/mol. The maximum absolute atomic E-state index is 11.0. The molecule has 2 aliphatic carbocycles. The van der Waals surface area contributed by atoms with E-state index in [-0.39, 0.29) is 17.3 Å². The molecule has 0 spiro atoms. The Balaban J connectivity index is 2.30. The summed E-state index contributed by atoms with van der Waals surface area (Å²) < 4.78 is 5.35. The largest absolute Gasteiger partial charge is 0.454 e. The second-order valence-electron chi connectivity index (χ2n) is 4.50. The molecule has 1 saturated carbocycles. The molecule has 0 amide bonds. The highest BCUT2D eigenvalue weighted by atomic mass is 16.6. The summed E-state index contributed by atoms with van der Waals surface area (Å²) in [6.07, 6.45) is 6.51. The van der Waals surface area contributed by atoms with Gasteiger partial charge in [-0.05, 0) is 18.9 Å². The zero-order valence-electron chi connectivity index (χ0n) is 8.45. The highest BCUT2D eigenvalue weighted by Gasteiger charge is 2.65. The first kappa shape index (κ1) is 9.44. The van der Waals surface area contributed by atoms with Gasteiger partial charge in [0.05, 0.1) is 5.92 Å². The van der Waals surface area contributed by atoms with E-state index in [1.165, 1.54) is 6.92 Å². The average molecular weight is 194 g/mol. The van der Waals surface area contributed by atoms with Crippen LogP contribution in [0.4, 0.5) is 0 Å². The van der Waals surface area contributed by atoms with Crippen molar-refractivity contribution in [3.05, 3.63) is 12.2 Å². The molecule has 0 bridgehead atoms. The Labute approximate surface area is 83.1 Å². The summed E-state index contributed by atoms with van der Waals surface area (Å²) in [4.78, 5) is 21.8. The number of fused-ring (bicyclic) bond motifs is 1. The first-order chi connectivity index (χ1) is 6.54. The number of esters is 1. The number of aldehydes is 1. The number of allylic oxidation sites excluding steroid dienone is 1. The van der Waals surface area contributed by atoms with Gasteiger partial charge >= 0.3 is 5.97 Å². The van der Waals surface area contributed by atoms with Crippen molar-refractivity contribution >= 4 is 12.3 Å². The van der Waals surface area contributed by atoms with Crippen molar-refractivity contribution in [2.45, 2.75) is 32.3 Å². The number of rotatable bonds is 2. The summed E-state index contributed by atoms with van der Waals surface area (Å²) in [6, 6.07) is 0. The van der Waals surface area contributed by atoms with E-state index in [4.69, 9.17) is 4.74 Å². The van der Waals surface area contributed by atoms with E-state index in [1.54, 1.807) is 0 Å². The van der Waals surface area contributed by atoms with E-state index >= 15 is 0 Å². The maximum Gasteiger partial charge on any atom is 0.303 e. The van der Waals surface area contributed by atoms with Crippen LogP contribution in [0.25, 0.3) is 0 Å². The van der Waals surface area contributed by atoms with Crippen molar-refractivity contribution in [3.8, 4) is 0 Å². The lowest BCUT2D eigenvalue weighted by atomic mass is 9.53. The molecule has 2 rings (SSSR count). The van der Waals surface area contributed by atoms with E-state index in [0.29, 0.717) is 0 Å². The fraction of sp³-hybridized carbons (Fsp3) is 0.636. The van der Waals surface area contributed by atoms with Crippen LogP contribution in [-0.4, -0.2) is 17.9 Å². The first-order valence-electron chi connectivity index (χ1n) is 4.87. The van der Waals surface area contributed by atoms with Gasteiger partial charge in [-0.3, -0.25) is 4.79 Å². The van der Waals surface area contributed by atoms with Gasteiger partial charge in [0.2, 0.25) is 0 Å². The molecule has 0 aliphatic heterocycles. The van der Waals surface area contributed by atoms with E-state index in [2.05, 4.69) is 6.92 Å².